The average molecular weight is 374 g/mol. The zero-order valence-electron chi connectivity index (χ0n) is 14.9. The minimum absolute atomic E-state index is 0.0429. The van der Waals surface area contributed by atoms with Crippen LogP contribution < -0.4 is 10.1 Å². The molecule has 7 nitrogen and oxygen atoms in total. The highest BCUT2D eigenvalue weighted by Gasteiger charge is 2.33. The number of carbonyl (C=O) groups excluding carboxylic acids is 2. The molecular weight excluding hydrogens is 352 g/mol. The molecule has 0 aliphatic carbocycles. The molecule has 3 rings (SSSR count). The van der Waals surface area contributed by atoms with Gasteiger partial charge in [-0.05, 0) is 43.5 Å². The van der Waals surface area contributed by atoms with Crippen molar-refractivity contribution < 1.29 is 14.3 Å². The van der Waals surface area contributed by atoms with E-state index in [1.165, 1.54) is 11.3 Å². The van der Waals surface area contributed by atoms with E-state index < -0.39 is 6.04 Å². The molecule has 1 N–H and O–H groups in total. The smallest absolute Gasteiger partial charge is 0.249 e. The van der Waals surface area contributed by atoms with E-state index in [9.17, 15) is 9.59 Å². The van der Waals surface area contributed by atoms with Crippen LogP contribution in [0.15, 0.2) is 24.3 Å². The van der Waals surface area contributed by atoms with Gasteiger partial charge in [-0.2, -0.15) is 0 Å². The van der Waals surface area contributed by atoms with Gasteiger partial charge in [0.25, 0.3) is 0 Å². The summed E-state index contributed by atoms with van der Waals surface area (Å²) in [5.74, 6) is 0.621. The van der Waals surface area contributed by atoms with Gasteiger partial charge < -0.3 is 9.64 Å². The van der Waals surface area contributed by atoms with E-state index in [1.807, 2.05) is 31.2 Å². The molecule has 26 heavy (non-hydrogen) atoms. The van der Waals surface area contributed by atoms with Crippen molar-refractivity contribution in [2.24, 2.45) is 0 Å². The van der Waals surface area contributed by atoms with Crippen molar-refractivity contribution in [1.29, 1.82) is 0 Å². The second kappa shape index (κ2) is 8.27. The fraction of sp³-hybridized carbons (Fsp3) is 0.444. The number of methoxy groups -OCH3 is 1. The molecule has 2 amide bonds. The fourth-order valence-corrected chi connectivity index (χ4v) is 3.76. The van der Waals surface area contributed by atoms with Crippen LogP contribution in [0.25, 0.3) is 10.6 Å². The van der Waals surface area contributed by atoms with Gasteiger partial charge in [-0.15, -0.1) is 10.2 Å². The first-order valence-electron chi connectivity index (χ1n) is 8.70. The summed E-state index contributed by atoms with van der Waals surface area (Å²) >= 11 is 1.31. The number of aromatic nitrogens is 2. The van der Waals surface area contributed by atoms with Crippen LogP contribution in [-0.4, -0.2) is 46.6 Å². The highest BCUT2D eigenvalue weighted by atomic mass is 32.1. The summed E-state index contributed by atoms with van der Waals surface area (Å²) in [5.41, 5.74) is 0.907. The lowest BCUT2D eigenvalue weighted by Gasteiger charge is -2.23. The Kier molecular flexibility index (Phi) is 5.82. The van der Waals surface area contributed by atoms with E-state index in [0.29, 0.717) is 29.5 Å². The van der Waals surface area contributed by atoms with Crippen molar-refractivity contribution in [3.63, 3.8) is 0 Å². The molecule has 0 spiro atoms. The Morgan fingerprint density at radius 2 is 2.08 bits per heavy atom. The molecule has 1 aliphatic heterocycles. The normalized spacial score (nSPS) is 16.5. The minimum Gasteiger partial charge on any atom is -0.497 e. The third-order valence-corrected chi connectivity index (χ3v) is 5.22. The maximum Gasteiger partial charge on any atom is 0.249 e. The number of benzene rings is 1. The van der Waals surface area contributed by atoms with Crippen molar-refractivity contribution >= 4 is 28.3 Å². The van der Waals surface area contributed by atoms with Gasteiger partial charge in [0, 0.05) is 18.5 Å². The molecule has 1 saturated heterocycles. The van der Waals surface area contributed by atoms with E-state index in [4.69, 9.17) is 4.74 Å². The number of hydrogen-bond acceptors (Lipinski definition) is 6. The number of nitrogens with zero attached hydrogens (tertiary/aromatic N) is 3. The van der Waals surface area contributed by atoms with Crippen LogP contribution in [0, 0.1) is 0 Å². The molecule has 1 atom stereocenters. The van der Waals surface area contributed by atoms with Crippen LogP contribution in [-0.2, 0) is 9.59 Å². The second-order valence-electron chi connectivity index (χ2n) is 6.13. The average Bonchev–Trinajstić information content (AvgIpc) is 3.31. The summed E-state index contributed by atoms with van der Waals surface area (Å²) in [6.45, 7) is 2.61. The van der Waals surface area contributed by atoms with Crippen molar-refractivity contribution in [3.8, 4) is 16.3 Å². The Labute approximate surface area is 156 Å². The first-order chi connectivity index (χ1) is 12.6. The van der Waals surface area contributed by atoms with E-state index >= 15 is 0 Å². The van der Waals surface area contributed by atoms with Gasteiger partial charge >= 0.3 is 0 Å². The fourth-order valence-electron chi connectivity index (χ4n) is 3.01. The highest BCUT2D eigenvalue weighted by Crippen LogP contribution is 2.28. The largest absolute Gasteiger partial charge is 0.497 e. The molecule has 1 unspecified atom stereocenters. The van der Waals surface area contributed by atoms with Crippen molar-refractivity contribution in [3.05, 3.63) is 24.3 Å². The lowest BCUT2D eigenvalue weighted by atomic mass is 10.2. The van der Waals surface area contributed by atoms with Gasteiger partial charge in [-0.25, -0.2) is 0 Å². The standard InChI is InChI=1S/C18H22N4O3S/c1-3-5-15(23)22-11-4-6-14(22)16(24)19-18-21-20-17(26-18)12-7-9-13(25-2)10-8-12/h7-10,14H,3-6,11H2,1-2H3,(H,19,21,24). The molecule has 2 heterocycles. The Morgan fingerprint density at radius 3 is 2.77 bits per heavy atom. The molecule has 8 heteroatoms. The van der Waals surface area contributed by atoms with E-state index in [0.717, 1.165) is 24.2 Å². The summed E-state index contributed by atoms with van der Waals surface area (Å²) in [6, 6.07) is 7.08. The Bertz CT molecular complexity index is 775. The number of rotatable bonds is 6. The summed E-state index contributed by atoms with van der Waals surface area (Å²) < 4.78 is 5.14. The monoisotopic (exact) mass is 374 g/mol. The number of nitrogens with one attached hydrogen (secondary N) is 1. The van der Waals surface area contributed by atoms with Crippen LogP contribution in [0.4, 0.5) is 5.13 Å². The second-order valence-corrected chi connectivity index (χ2v) is 7.10. The molecule has 1 aliphatic rings. The third-order valence-electron chi connectivity index (χ3n) is 4.33. The van der Waals surface area contributed by atoms with Gasteiger partial charge in [0.15, 0.2) is 0 Å². The predicted octanol–water partition coefficient (Wildman–Crippen LogP) is 2.94. The minimum atomic E-state index is -0.414. The van der Waals surface area contributed by atoms with E-state index in [-0.39, 0.29) is 11.8 Å². The van der Waals surface area contributed by atoms with Gasteiger partial charge in [0.2, 0.25) is 16.9 Å². The van der Waals surface area contributed by atoms with Gasteiger partial charge in [-0.1, -0.05) is 18.3 Å². The van der Waals surface area contributed by atoms with Crippen LogP contribution in [0.1, 0.15) is 32.6 Å². The highest BCUT2D eigenvalue weighted by molar-refractivity contribution is 7.18. The Balaban J connectivity index is 1.66. The lowest BCUT2D eigenvalue weighted by Crippen LogP contribution is -2.43. The number of ether oxygens (including phenoxy) is 1. The topological polar surface area (TPSA) is 84.4 Å². The molecule has 2 aromatic rings. The molecular formula is C18H22N4O3S. The van der Waals surface area contributed by atoms with Gasteiger partial charge in [0.1, 0.15) is 16.8 Å². The van der Waals surface area contributed by atoms with Crippen molar-refractivity contribution in [2.75, 3.05) is 19.0 Å². The summed E-state index contributed by atoms with van der Waals surface area (Å²) in [5, 5.41) is 12.2. The summed E-state index contributed by atoms with van der Waals surface area (Å²) in [6.07, 6.45) is 2.79. The maximum atomic E-state index is 12.6. The molecule has 1 fully saturated rings. The zero-order chi connectivity index (χ0) is 18.5. The third kappa shape index (κ3) is 4.01. The first kappa shape index (κ1) is 18.3. The van der Waals surface area contributed by atoms with Crippen molar-refractivity contribution in [1.82, 2.24) is 15.1 Å². The number of amides is 2. The van der Waals surface area contributed by atoms with Gasteiger partial charge in [-0.3, -0.25) is 14.9 Å². The van der Waals surface area contributed by atoms with Crippen molar-refractivity contribution in [2.45, 2.75) is 38.6 Å². The first-order valence-corrected chi connectivity index (χ1v) is 9.52. The Morgan fingerprint density at radius 1 is 1.31 bits per heavy atom. The predicted molar refractivity (Wildman–Crippen MR) is 100 cm³/mol. The molecule has 0 bridgehead atoms. The SMILES string of the molecule is CCCC(=O)N1CCCC1C(=O)Nc1nnc(-c2ccc(OC)cc2)s1. The van der Waals surface area contributed by atoms with E-state index in [2.05, 4.69) is 15.5 Å². The molecule has 1 aromatic heterocycles. The number of hydrogen-bond donors (Lipinski definition) is 1. The Hall–Kier alpha value is -2.48. The molecule has 1 aromatic carbocycles. The number of anilines is 1. The number of likely N-dealkylation sites (tertiary alicyclic amines) is 1. The van der Waals surface area contributed by atoms with Crippen LogP contribution in [0.2, 0.25) is 0 Å². The van der Waals surface area contributed by atoms with E-state index in [1.54, 1.807) is 12.0 Å². The van der Waals surface area contributed by atoms with Gasteiger partial charge in [0.05, 0.1) is 7.11 Å². The van der Waals surface area contributed by atoms with Crippen LogP contribution in [0.5, 0.6) is 5.75 Å². The molecule has 0 radical (unpaired) electrons. The van der Waals surface area contributed by atoms with Crippen LogP contribution in [0.3, 0.4) is 0 Å². The summed E-state index contributed by atoms with van der Waals surface area (Å²) in [7, 11) is 1.62. The quantitative estimate of drug-likeness (QED) is 0.840. The number of carbonyl (C=O) groups is 2. The lowest BCUT2D eigenvalue weighted by molar-refractivity contribution is -0.136. The van der Waals surface area contributed by atoms with Crippen LogP contribution >= 0.6 is 11.3 Å². The molecule has 138 valence electrons. The maximum absolute atomic E-state index is 12.6. The summed E-state index contributed by atoms with van der Waals surface area (Å²) in [4.78, 5) is 26.4. The zero-order valence-corrected chi connectivity index (χ0v) is 15.7. The molecule has 0 saturated carbocycles.